The zero-order valence-corrected chi connectivity index (χ0v) is 11.9. The van der Waals surface area contributed by atoms with E-state index < -0.39 is 13.9 Å². The first-order valence-electron chi connectivity index (χ1n) is 5.70. The van der Waals surface area contributed by atoms with Gasteiger partial charge < -0.3 is 4.43 Å². The predicted octanol–water partition coefficient (Wildman–Crippen LogP) is 3.83. The SMILES string of the molecule is C[C@@](C#N)(C=Cc1ccccc1)O[Si](C)(C)C. The summed E-state index contributed by atoms with van der Waals surface area (Å²) in [5, 5.41) is 9.22. The molecule has 0 heterocycles. The van der Waals surface area contributed by atoms with Crippen molar-refractivity contribution in [3.8, 4) is 6.07 Å². The van der Waals surface area contributed by atoms with Crippen LogP contribution in [0.15, 0.2) is 36.4 Å². The molecule has 0 spiro atoms. The molecule has 0 aromatic heterocycles. The summed E-state index contributed by atoms with van der Waals surface area (Å²) in [6, 6.07) is 12.2. The third-order valence-corrected chi connectivity index (χ3v) is 3.17. The molecule has 17 heavy (non-hydrogen) atoms. The van der Waals surface area contributed by atoms with Gasteiger partial charge in [-0.05, 0) is 38.2 Å². The minimum atomic E-state index is -1.73. The molecule has 0 amide bonds. The number of rotatable bonds is 4. The lowest BCUT2D eigenvalue weighted by Crippen LogP contribution is -2.38. The number of nitrogens with zero attached hydrogens (tertiary/aromatic N) is 1. The molecule has 0 aliphatic carbocycles. The van der Waals surface area contributed by atoms with Crippen molar-refractivity contribution in [2.24, 2.45) is 0 Å². The number of benzene rings is 1. The molecule has 0 aliphatic rings. The lowest BCUT2D eigenvalue weighted by atomic mass is 10.1. The largest absolute Gasteiger partial charge is 0.397 e. The fourth-order valence-corrected chi connectivity index (χ4v) is 2.94. The Hall–Kier alpha value is -1.37. The summed E-state index contributed by atoms with van der Waals surface area (Å²) in [6.07, 6.45) is 3.77. The minimum absolute atomic E-state index is 0.833. The molecule has 1 aromatic carbocycles. The molecule has 0 fully saturated rings. The van der Waals surface area contributed by atoms with Crippen molar-refractivity contribution >= 4 is 14.4 Å². The molecular formula is C14H19NOSi. The monoisotopic (exact) mass is 245 g/mol. The zero-order valence-electron chi connectivity index (χ0n) is 10.9. The van der Waals surface area contributed by atoms with E-state index in [1.165, 1.54) is 0 Å². The standard InChI is InChI=1S/C14H19NOSi/c1-14(12-15,16-17(2,3)4)11-10-13-8-6-5-7-9-13/h5-11H,1-4H3/t14-/m0/s1. The Balaban J connectivity index is 2.84. The van der Waals surface area contributed by atoms with Gasteiger partial charge in [-0.1, -0.05) is 36.4 Å². The third kappa shape index (κ3) is 4.99. The van der Waals surface area contributed by atoms with Gasteiger partial charge in [0.2, 0.25) is 0 Å². The smallest absolute Gasteiger partial charge is 0.186 e. The van der Waals surface area contributed by atoms with Crippen molar-refractivity contribution in [3.05, 3.63) is 42.0 Å². The molecule has 1 rings (SSSR count). The highest BCUT2D eigenvalue weighted by Gasteiger charge is 2.28. The number of hydrogen-bond acceptors (Lipinski definition) is 2. The van der Waals surface area contributed by atoms with Crippen LogP contribution in [-0.4, -0.2) is 13.9 Å². The minimum Gasteiger partial charge on any atom is -0.397 e. The first kappa shape index (κ1) is 13.7. The van der Waals surface area contributed by atoms with Gasteiger partial charge in [-0.15, -0.1) is 0 Å². The van der Waals surface area contributed by atoms with E-state index in [0.717, 1.165) is 5.56 Å². The van der Waals surface area contributed by atoms with Crippen LogP contribution in [0.3, 0.4) is 0 Å². The summed E-state index contributed by atoms with van der Waals surface area (Å²) in [7, 11) is -1.73. The van der Waals surface area contributed by atoms with E-state index in [4.69, 9.17) is 4.43 Å². The molecule has 90 valence electrons. The maximum Gasteiger partial charge on any atom is 0.186 e. The summed E-state index contributed by atoms with van der Waals surface area (Å²) in [6.45, 7) is 8.06. The predicted molar refractivity (Wildman–Crippen MR) is 73.9 cm³/mol. The van der Waals surface area contributed by atoms with E-state index in [2.05, 4.69) is 25.7 Å². The Morgan fingerprint density at radius 1 is 1.24 bits per heavy atom. The van der Waals surface area contributed by atoms with Crippen molar-refractivity contribution in [2.75, 3.05) is 0 Å². The molecule has 2 nitrogen and oxygen atoms in total. The van der Waals surface area contributed by atoms with Crippen LogP contribution in [0.4, 0.5) is 0 Å². The molecule has 0 aliphatic heterocycles. The van der Waals surface area contributed by atoms with E-state index in [1.54, 1.807) is 0 Å². The lowest BCUT2D eigenvalue weighted by Gasteiger charge is -2.27. The van der Waals surface area contributed by atoms with Gasteiger partial charge in [0.15, 0.2) is 13.9 Å². The third-order valence-electron chi connectivity index (χ3n) is 2.13. The van der Waals surface area contributed by atoms with E-state index in [9.17, 15) is 5.26 Å². The fourth-order valence-electron chi connectivity index (χ4n) is 1.55. The van der Waals surface area contributed by atoms with Crippen molar-refractivity contribution in [1.29, 1.82) is 5.26 Å². The Morgan fingerprint density at radius 2 is 1.82 bits per heavy atom. The molecular weight excluding hydrogens is 226 g/mol. The maximum absolute atomic E-state index is 9.22. The molecule has 1 atom stereocenters. The van der Waals surface area contributed by atoms with Gasteiger partial charge in [0.05, 0.1) is 0 Å². The van der Waals surface area contributed by atoms with E-state index in [0.29, 0.717) is 0 Å². The van der Waals surface area contributed by atoms with Crippen LogP contribution in [0.25, 0.3) is 6.08 Å². The van der Waals surface area contributed by atoms with Crippen LogP contribution < -0.4 is 0 Å². The molecule has 0 N–H and O–H groups in total. The number of hydrogen-bond donors (Lipinski definition) is 0. The van der Waals surface area contributed by atoms with Gasteiger partial charge in [0.1, 0.15) is 6.07 Å². The Labute approximate surface area is 105 Å². The molecule has 3 heteroatoms. The quantitative estimate of drug-likeness (QED) is 0.755. The second kappa shape index (κ2) is 5.31. The molecule has 0 radical (unpaired) electrons. The first-order valence-corrected chi connectivity index (χ1v) is 9.11. The maximum atomic E-state index is 9.22. The summed E-state index contributed by atoms with van der Waals surface area (Å²) in [5.74, 6) is 0. The summed E-state index contributed by atoms with van der Waals surface area (Å²) in [4.78, 5) is 0. The van der Waals surface area contributed by atoms with Crippen LogP contribution in [0.5, 0.6) is 0 Å². The van der Waals surface area contributed by atoms with Gasteiger partial charge in [0.25, 0.3) is 0 Å². The van der Waals surface area contributed by atoms with Crippen LogP contribution in [-0.2, 0) is 4.43 Å². The number of nitriles is 1. The van der Waals surface area contributed by atoms with Crippen molar-refractivity contribution in [3.63, 3.8) is 0 Å². The average molecular weight is 245 g/mol. The van der Waals surface area contributed by atoms with Crippen molar-refractivity contribution in [1.82, 2.24) is 0 Å². The summed E-state index contributed by atoms with van der Waals surface area (Å²) < 4.78 is 5.89. The van der Waals surface area contributed by atoms with Gasteiger partial charge in [0, 0.05) is 0 Å². The fraction of sp³-hybridized carbons (Fsp3) is 0.357. The molecule has 0 saturated carbocycles. The van der Waals surface area contributed by atoms with Crippen molar-refractivity contribution < 1.29 is 4.43 Å². The molecule has 0 bridgehead atoms. The Bertz CT molecular complexity index is 428. The molecule has 1 aromatic rings. The highest BCUT2D eigenvalue weighted by Crippen LogP contribution is 2.19. The molecule has 0 saturated heterocycles. The Morgan fingerprint density at radius 3 is 2.29 bits per heavy atom. The molecule has 0 unspecified atom stereocenters. The zero-order chi connectivity index (χ0) is 12.9. The van der Waals surface area contributed by atoms with Gasteiger partial charge in [-0.2, -0.15) is 5.26 Å². The van der Waals surface area contributed by atoms with Crippen LogP contribution in [0, 0.1) is 11.3 Å². The van der Waals surface area contributed by atoms with E-state index in [1.807, 2.05) is 49.4 Å². The highest BCUT2D eigenvalue weighted by molar-refractivity contribution is 6.69. The van der Waals surface area contributed by atoms with Gasteiger partial charge in [-0.3, -0.25) is 0 Å². The van der Waals surface area contributed by atoms with E-state index >= 15 is 0 Å². The topological polar surface area (TPSA) is 33.0 Å². The van der Waals surface area contributed by atoms with Crippen molar-refractivity contribution in [2.45, 2.75) is 32.2 Å². The normalized spacial score (nSPS) is 15.5. The average Bonchev–Trinajstić information content (AvgIpc) is 2.26. The summed E-state index contributed by atoms with van der Waals surface area (Å²) in [5.41, 5.74) is 0.244. The summed E-state index contributed by atoms with van der Waals surface area (Å²) >= 11 is 0. The van der Waals surface area contributed by atoms with Crippen LogP contribution in [0.2, 0.25) is 19.6 Å². The van der Waals surface area contributed by atoms with Gasteiger partial charge >= 0.3 is 0 Å². The second-order valence-electron chi connectivity index (χ2n) is 5.18. The van der Waals surface area contributed by atoms with E-state index in [-0.39, 0.29) is 0 Å². The van der Waals surface area contributed by atoms with Gasteiger partial charge in [-0.25, -0.2) is 0 Å². The highest BCUT2D eigenvalue weighted by atomic mass is 28.4. The van der Waals surface area contributed by atoms with Crippen LogP contribution in [0.1, 0.15) is 12.5 Å². The van der Waals surface area contributed by atoms with Crippen LogP contribution >= 0.6 is 0 Å². The Kier molecular flexibility index (Phi) is 4.27. The second-order valence-corrected chi connectivity index (χ2v) is 9.61. The first-order chi connectivity index (χ1) is 7.85. The lowest BCUT2D eigenvalue weighted by molar-refractivity contribution is 0.193.